The van der Waals surface area contributed by atoms with Crippen LogP contribution in [0.25, 0.3) is 16.6 Å². The van der Waals surface area contributed by atoms with Crippen LogP contribution < -0.4 is 5.56 Å². The van der Waals surface area contributed by atoms with Crippen LogP contribution in [-0.2, 0) is 6.54 Å². The van der Waals surface area contributed by atoms with Crippen molar-refractivity contribution in [1.82, 2.24) is 19.4 Å². The van der Waals surface area contributed by atoms with Gasteiger partial charge in [-0.3, -0.25) is 14.3 Å². The number of nitrogens with zero attached hydrogens (tertiary/aromatic N) is 4. The van der Waals surface area contributed by atoms with Crippen molar-refractivity contribution >= 4 is 22.5 Å². The summed E-state index contributed by atoms with van der Waals surface area (Å²) in [7, 11) is 2.13. The van der Waals surface area contributed by atoms with E-state index in [1.807, 2.05) is 42.5 Å². The first-order valence-corrected chi connectivity index (χ1v) is 9.18. The Kier molecular flexibility index (Phi) is 4.76. The first-order valence-electron chi connectivity index (χ1n) is 8.80. The van der Waals surface area contributed by atoms with Crippen molar-refractivity contribution in [2.24, 2.45) is 0 Å². The second-order valence-electron chi connectivity index (χ2n) is 6.72. The molecule has 0 unspecified atom stereocenters. The fourth-order valence-corrected chi connectivity index (χ4v) is 3.59. The van der Waals surface area contributed by atoms with E-state index < -0.39 is 0 Å². The van der Waals surface area contributed by atoms with Gasteiger partial charge < -0.3 is 4.90 Å². The highest BCUT2D eigenvalue weighted by atomic mass is 35.5. The van der Waals surface area contributed by atoms with E-state index in [0.29, 0.717) is 22.6 Å². The zero-order valence-corrected chi connectivity index (χ0v) is 15.5. The molecule has 0 N–H and O–H groups in total. The summed E-state index contributed by atoms with van der Waals surface area (Å²) in [5.74, 6) is 0.728. The van der Waals surface area contributed by atoms with Gasteiger partial charge in [0.15, 0.2) is 0 Å². The molecule has 0 aliphatic carbocycles. The summed E-state index contributed by atoms with van der Waals surface area (Å²) in [5, 5.41) is 1.15. The maximum Gasteiger partial charge on any atom is 0.266 e. The second-order valence-corrected chi connectivity index (χ2v) is 7.12. The highest BCUT2D eigenvalue weighted by Crippen LogP contribution is 2.21. The standard InChI is InChI=1S/C20H21ClN4O/c1-23-10-12-24(13-11-23)14-19-22-17-8-4-2-6-15(17)20(26)25(19)18-9-5-3-7-16(18)21/h2-9H,10-14H2,1H3. The van der Waals surface area contributed by atoms with Gasteiger partial charge in [0, 0.05) is 26.2 Å². The summed E-state index contributed by atoms with van der Waals surface area (Å²) < 4.78 is 1.67. The lowest BCUT2D eigenvalue weighted by atomic mass is 10.2. The topological polar surface area (TPSA) is 41.4 Å². The number of piperazine rings is 1. The Labute approximate surface area is 157 Å². The summed E-state index contributed by atoms with van der Waals surface area (Å²) in [6.07, 6.45) is 0. The van der Waals surface area contributed by atoms with Crippen LogP contribution in [0.5, 0.6) is 0 Å². The maximum absolute atomic E-state index is 13.2. The zero-order valence-electron chi connectivity index (χ0n) is 14.7. The fraction of sp³-hybridized carbons (Fsp3) is 0.300. The minimum Gasteiger partial charge on any atom is -0.304 e. The van der Waals surface area contributed by atoms with Crippen LogP contribution >= 0.6 is 11.6 Å². The van der Waals surface area contributed by atoms with Gasteiger partial charge in [-0.2, -0.15) is 0 Å². The molecule has 6 heteroatoms. The third-order valence-electron chi connectivity index (χ3n) is 4.90. The molecule has 4 rings (SSSR count). The fourth-order valence-electron chi connectivity index (χ4n) is 3.37. The molecule has 134 valence electrons. The van der Waals surface area contributed by atoms with E-state index >= 15 is 0 Å². The molecular weight excluding hydrogens is 348 g/mol. The molecule has 5 nitrogen and oxygen atoms in total. The van der Waals surface area contributed by atoms with Crippen molar-refractivity contribution in [3.63, 3.8) is 0 Å². The van der Waals surface area contributed by atoms with Gasteiger partial charge in [0.1, 0.15) is 5.82 Å². The number of likely N-dealkylation sites (N-methyl/N-ethyl adjacent to an activating group) is 1. The van der Waals surface area contributed by atoms with Crippen molar-refractivity contribution < 1.29 is 0 Å². The Morgan fingerprint density at radius 2 is 1.69 bits per heavy atom. The van der Waals surface area contributed by atoms with Crippen LogP contribution in [0.15, 0.2) is 53.3 Å². The molecule has 1 aliphatic rings. The molecule has 1 aliphatic heterocycles. The first-order chi connectivity index (χ1) is 12.6. The van der Waals surface area contributed by atoms with Crippen molar-refractivity contribution in [2.45, 2.75) is 6.54 Å². The van der Waals surface area contributed by atoms with Gasteiger partial charge in [-0.1, -0.05) is 35.9 Å². The van der Waals surface area contributed by atoms with Crippen LogP contribution in [0.3, 0.4) is 0 Å². The lowest BCUT2D eigenvalue weighted by Gasteiger charge is -2.32. The van der Waals surface area contributed by atoms with E-state index in [1.54, 1.807) is 10.6 Å². The van der Waals surface area contributed by atoms with E-state index in [1.165, 1.54) is 0 Å². The minimum absolute atomic E-state index is 0.0761. The molecule has 2 aromatic carbocycles. The highest BCUT2D eigenvalue weighted by molar-refractivity contribution is 6.32. The van der Waals surface area contributed by atoms with Gasteiger partial charge in [0.05, 0.1) is 28.2 Å². The number of aromatic nitrogens is 2. The van der Waals surface area contributed by atoms with Crippen molar-refractivity contribution in [3.8, 4) is 5.69 Å². The Morgan fingerprint density at radius 3 is 2.46 bits per heavy atom. The van der Waals surface area contributed by atoms with Crippen molar-refractivity contribution in [2.75, 3.05) is 33.2 Å². The molecule has 0 radical (unpaired) electrons. The predicted octanol–water partition coefficient (Wildman–Crippen LogP) is 2.79. The van der Waals surface area contributed by atoms with Gasteiger partial charge in [0.2, 0.25) is 0 Å². The van der Waals surface area contributed by atoms with E-state index in [-0.39, 0.29) is 5.56 Å². The Hall–Kier alpha value is -2.21. The summed E-state index contributed by atoms with van der Waals surface area (Å²) in [6.45, 7) is 4.58. The molecule has 0 amide bonds. The molecule has 0 spiro atoms. The van der Waals surface area contributed by atoms with Gasteiger partial charge in [-0.25, -0.2) is 4.98 Å². The summed E-state index contributed by atoms with van der Waals surface area (Å²) in [4.78, 5) is 22.7. The van der Waals surface area contributed by atoms with Gasteiger partial charge >= 0.3 is 0 Å². The molecule has 1 aromatic heterocycles. The Balaban J connectivity index is 1.86. The van der Waals surface area contributed by atoms with E-state index in [9.17, 15) is 4.79 Å². The number of halogens is 1. The summed E-state index contributed by atoms with van der Waals surface area (Å²) in [6, 6.07) is 14.9. The molecule has 3 aromatic rings. The van der Waals surface area contributed by atoms with Gasteiger partial charge in [-0.05, 0) is 31.3 Å². The number of hydrogen-bond acceptors (Lipinski definition) is 4. The van der Waals surface area contributed by atoms with E-state index in [4.69, 9.17) is 16.6 Å². The highest BCUT2D eigenvalue weighted by Gasteiger charge is 2.19. The normalized spacial score (nSPS) is 16.2. The molecular formula is C20H21ClN4O. The third kappa shape index (κ3) is 3.26. The second kappa shape index (κ2) is 7.19. The van der Waals surface area contributed by atoms with Crippen LogP contribution in [0.4, 0.5) is 0 Å². The number of rotatable bonds is 3. The monoisotopic (exact) mass is 368 g/mol. The molecule has 0 bridgehead atoms. The average Bonchev–Trinajstić information content (AvgIpc) is 2.65. The molecule has 1 fully saturated rings. The largest absolute Gasteiger partial charge is 0.304 e. The number of hydrogen-bond donors (Lipinski definition) is 0. The molecule has 0 atom stereocenters. The predicted molar refractivity (Wildman–Crippen MR) is 105 cm³/mol. The van der Waals surface area contributed by atoms with E-state index in [0.717, 1.165) is 37.5 Å². The molecule has 1 saturated heterocycles. The van der Waals surface area contributed by atoms with Gasteiger partial charge in [0.25, 0.3) is 5.56 Å². The number of para-hydroxylation sites is 2. The average molecular weight is 369 g/mol. The van der Waals surface area contributed by atoms with Crippen LogP contribution in [-0.4, -0.2) is 52.6 Å². The van der Waals surface area contributed by atoms with Crippen molar-refractivity contribution in [3.05, 3.63) is 69.7 Å². The van der Waals surface area contributed by atoms with Crippen LogP contribution in [0.1, 0.15) is 5.82 Å². The number of fused-ring (bicyclic) bond motifs is 1. The molecule has 0 saturated carbocycles. The smallest absolute Gasteiger partial charge is 0.266 e. The Morgan fingerprint density at radius 1 is 1.00 bits per heavy atom. The van der Waals surface area contributed by atoms with Crippen LogP contribution in [0, 0.1) is 0 Å². The molecule has 26 heavy (non-hydrogen) atoms. The van der Waals surface area contributed by atoms with E-state index in [2.05, 4.69) is 16.8 Å². The van der Waals surface area contributed by atoms with Crippen LogP contribution in [0.2, 0.25) is 5.02 Å². The summed E-state index contributed by atoms with van der Waals surface area (Å²) in [5.41, 5.74) is 1.33. The van der Waals surface area contributed by atoms with Crippen molar-refractivity contribution in [1.29, 1.82) is 0 Å². The SMILES string of the molecule is CN1CCN(Cc2nc3ccccc3c(=O)n2-c2ccccc2Cl)CC1. The third-order valence-corrected chi connectivity index (χ3v) is 5.22. The zero-order chi connectivity index (χ0) is 18.1. The lowest BCUT2D eigenvalue weighted by molar-refractivity contribution is 0.144. The lowest BCUT2D eigenvalue weighted by Crippen LogP contribution is -2.44. The minimum atomic E-state index is -0.0761. The first kappa shape index (κ1) is 17.2. The Bertz CT molecular complexity index is 993. The number of benzene rings is 2. The van der Waals surface area contributed by atoms with Gasteiger partial charge in [-0.15, -0.1) is 0 Å². The quantitative estimate of drug-likeness (QED) is 0.713. The maximum atomic E-state index is 13.2. The molecule has 2 heterocycles. The summed E-state index contributed by atoms with van der Waals surface area (Å²) >= 11 is 6.41.